The van der Waals surface area contributed by atoms with Gasteiger partial charge in [-0.2, -0.15) is 5.10 Å². The zero-order valence-electron chi connectivity index (χ0n) is 9.78. The van der Waals surface area contributed by atoms with E-state index in [1.54, 1.807) is 6.07 Å². The Hall–Kier alpha value is -0.950. The van der Waals surface area contributed by atoms with Crippen molar-refractivity contribution in [1.82, 2.24) is 9.78 Å². The lowest BCUT2D eigenvalue weighted by Gasteiger charge is -2.06. The minimum Gasteiger partial charge on any atom is -0.260 e. The molecule has 0 aliphatic carbocycles. The summed E-state index contributed by atoms with van der Waals surface area (Å²) in [6, 6.07) is 10.9. The van der Waals surface area contributed by atoms with Crippen LogP contribution in [0.5, 0.6) is 0 Å². The topological polar surface area (TPSA) is 17.8 Å². The predicted octanol–water partition coefficient (Wildman–Crippen LogP) is 4.59. The number of aromatic nitrogens is 2. The molecule has 0 saturated carbocycles. The maximum Gasteiger partial charge on any atom is 0.124 e. The third kappa shape index (κ3) is 2.67. The summed E-state index contributed by atoms with van der Waals surface area (Å²) >= 11 is 5.67. The van der Waals surface area contributed by atoms with Crippen LogP contribution in [0.25, 0.3) is 10.9 Å². The summed E-state index contributed by atoms with van der Waals surface area (Å²) in [6.45, 7) is 0.616. The van der Waals surface area contributed by atoms with E-state index >= 15 is 0 Å². The Morgan fingerprint density at radius 3 is 2.84 bits per heavy atom. The first kappa shape index (κ1) is 13.1. The monoisotopic (exact) mass is 430 g/mol. The van der Waals surface area contributed by atoms with Crippen LogP contribution in [0.4, 0.5) is 4.39 Å². The van der Waals surface area contributed by atoms with Crippen LogP contribution < -0.4 is 0 Å². The maximum absolute atomic E-state index is 13.1. The third-order valence-corrected chi connectivity index (χ3v) is 4.35. The second-order valence-electron chi connectivity index (χ2n) is 4.24. The molecule has 5 heteroatoms. The van der Waals surface area contributed by atoms with E-state index < -0.39 is 0 Å². The van der Waals surface area contributed by atoms with Crippen LogP contribution in [-0.4, -0.2) is 9.78 Å². The standard InChI is InChI=1S/C14H9BrFIN2/c15-13-5-11(16)3-1-10(13)8-19-14-6-12(17)4-2-9(14)7-18-19/h1-7H,8H2. The van der Waals surface area contributed by atoms with Crippen molar-refractivity contribution in [2.45, 2.75) is 6.54 Å². The first-order valence-corrected chi connectivity index (χ1v) is 7.56. The Bertz CT molecular complexity index is 754. The molecule has 2 aromatic carbocycles. The molecule has 3 aromatic rings. The normalized spacial score (nSPS) is 11.1. The molecular weight excluding hydrogens is 422 g/mol. The zero-order chi connectivity index (χ0) is 13.4. The van der Waals surface area contributed by atoms with Gasteiger partial charge in [0.25, 0.3) is 0 Å². The van der Waals surface area contributed by atoms with E-state index in [-0.39, 0.29) is 5.82 Å². The lowest BCUT2D eigenvalue weighted by Crippen LogP contribution is -2.02. The highest BCUT2D eigenvalue weighted by Gasteiger charge is 2.07. The molecule has 19 heavy (non-hydrogen) atoms. The fourth-order valence-corrected chi connectivity index (χ4v) is 2.93. The van der Waals surface area contributed by atoms with Crippen molar-refractivity contribution < 1.29 is 4.39 Å². The quantitative estimate of drug-likeness (QED) is 0.543. The van der Waals surface area contributed by atoms with Crippen LogP contribution in [-0.2, 0) is 6.54 Å². The first-order valence-electron chi connectivity index (χ1n) is 5.68. The molecule has 0 amide bonds. The summed E-state index contributed by atoms with van der Waals surface area (Å²) in [7, 11) is 0. The lowest BCUT2D eigenvalue weighted by molar-refractivity contribution is 0.624. The number of fused-ring (bicyclic) bond motifs is 1. The van der Waals surface area contributed by atoms with E-state index in [2.05, 4.69) is 61.8 Å². The first-order chi connectivity index (χ1) is 9.13. The van der Waals surface area contributed by atoms with E-state index in [1.165, 1.54) is 15.7 Å². The minimum absolute atomic E-state index is 0.240. The number of benzene rings is 2. The van der Waals surface area contributed by atoms with Gasteiger partial charge in [0.1, 0.15) is 5.82 Å². The molecule has 0 unspecified atom stereocenters. The molecule has 1 aromatic heterocycles. The Labute approximate surface area is 131 Å². The summed E-state index contributed by atoms with van der Waals surface area (Å²) < 4.78 is 16.9. The average molecular weight is 431 g/mol. The van der Waals surface area contributed by atoms with Gasteiger partial charge in [-0.15, -0.1) is 0 Å². The van der Waals surface area contributed by atoms with Gasteiger partial charge in [0.2, 0.25) is 0 Å². The van der Waals surface area contributed by atoms with Gasteiger partial charge in [-0.05, 0) is 52.4 Å². The highest BCUT2D eigenvalue weighted by Crippen LogP contribution is 2.22. The molecule has 0 bridgehead atoms. The van der Waals surface area contributed by atoms with E-state index in [1.807, 2.05) is 10.9 Å². The van der Waals surface area contributed by atoms with Gasteiger partial charge in [-0.1, -0.05) is 28.1 Å². The minimum atomic E-state index is -0.240. The fourth-order valence-electron chi connectivity index (χ4n) is 1.98. The molecule has 0 aliphatic heterocycles. The fraction of sp³-hybridized carbons (Fsp3) is 0.0714. The van der Waals surface area contributed by atoms with Crippen molar-refractivity contribution in [2.75, 3.05) is 0 Å². The molecule has 0 N–H and O–H groups in total. The molecule has 2 nitrogen and oxygen atoms in total. The Morgan fingerprint density at radius 1 is 1.21 bits per heavy atom. The Kier molecular flexibility index (Phi) is 3.58. The predicted molar refractivity (Wildman–Crippen MR) is 85.7 cm³/mol. The maximum atomic E-state index is 13.1. The van der Waals surface area contributed by atoms with Gasteiger partial charge >= 0.3 is 0 Å². The van der Waals surface area contributed by atoms with Crippen LogP contribution in [0.3, 0.4) is 0 Å². The van der Waals surface area contributed by atoms with E-state index in [9.17, 15) is 4.39 Å². The molecule has 3 rings (SSSR count). The number of halogens is 3. The molecule has 0 fully saturated rings. The third-order valence-electron chi connectivity index (χ3n) is 2.94. The largest absolute Gasteiger partial charge is 0.260 e. The van der Waals surface area contributed by atoms with Crippen molar-refractivity contribution in [1.29, 1.82) is 0 Å². The second-order valence-corrected chi connectivity index (χ2v) is 6.34. The van der Waals surface area contributed by atoms with Crippen LogP contribution in [0.2, 0.25) is 0 Å². The van der Waals surface area contributed by atoms with Gasteiger partial charge in [0.05, 0.1) is 18.3 Å². The van der Waals surface area contributed by atoms with Crippen LogP contribution in [0.1, 0.15) is 5.56 Å². The molecule has 0 saturated heterocycles. The Balaban J connectivity index is 2.03. The van der Waals surface area contributed by atoms with Gasteiger partial charge in [0, 0.05) is 13.4 Å². The Morgan fingerprint density at radius 2 is 2.05 bits per heavy atom. The summed E-state index contributed by atoms with van der Waals surface area (Å²) in [5.41, 5.74) is 2.09. The SMILES string of the molecule is Fc1ccc(Cn2ncc3ccc(I)cc32)c(Br)c1. The van der Waals surface area contributed by atoms with Gasteiger partial charge in [-0.3, -0.25) is 4.68 Å². The lowest BCUT2D eigenvalue weighted by atomic mass is 10.2. The average Bonchev–Trinajstić information content (AvgIpc) is 2.75. The van der Waals surface area contributed by atoms with Crippen LogP contribution in [0, 0.1) is 9.39 Å². The van der Waals surface area contributed by atoms with Gasteiger partial charge < -0.3 is 0 Å². The highest BCUT2D eigenvalue weighted by molar-refractivity contribution is 14.1. The van der Waals surface area contributed by atoms with Gasteiger partial charge in [0.15, 0.2) is 0 Å². The molecule has 0 radical (unpaired) electrons. The zero-order valence-corrected chi connectivity index (χ0v) is 13.5. The molecular formula is C14H9BrFIN2. The number of hydrogen-bond donors (Lipinski definition) is 0. The van der Waals surface area contributed by atoms with Crippen molar-refractivity contribution >= 4 is 49.4 Å². The summed E-state index contributed by atoms with van der Waals surface area (Å²) in [6.07, 6.45) is 1.85. The molecule has 96 valence electrons. The van der Waals surface area contributed by atoms with E-state index in [0.29, 0.717) is 6.54 Å². The van der Waals surface area contributed by atoms with Crippen molar-refractivity contribution in [3.8, 4) is 0 Å². The summed E-state index contributed by atoms with van der Waals surface area (Å²) in [5.74, 6) is -0.240. The summed E-state index contributed by atoms with van der Waals surface area (Å²) in [5, 5.41) is 5.50. The molecule has 0 spiro atoms. The number of nitrogens with zero attached hydrogens (tertiary/aromatic N) is 2. The highest BCUT2D eigenvalue weighted by atomic mass is 127. The van der Waals surface area contributed by atoms with E-state index in [0.717, 1.165) is 20.9 Å². The van der Waals surface area contributed by atoms with Crippen molar-refractivity contribution in [2.24, 2.45) is 0 Å². The van der Waals surface area contributed by atoms with Crippen molar-refractivity contribution in [3.05, 3.63) is 62.0 Å². The smallest absolute Gasteiger partial charge is 0.124 e. The molecule has 0 aliphatic rings. The number of hydrogen-bond acceptors (Lipinski definition) is 1. The van der Waals surface area contributed by atoms with Crippen LogP contribution >= 0.6 is 38.5 Å². The van der Waals surface area contributed by atoms with E-state index in [4.69, 9.17) is 0 Å². The van der Waals surface area contributed by atoms with Gasteiger partial charge in [-0.25, -0.2) is 4.39 Å². The summed E-state index contributed by atoms with van der Waals surface area (Å²) in [4.78, 5) is 0. The number of rotatable bonds is 2. The van der Waals surface area contributed by atoms with Crippen LogP contribution in [0.15, 0.2) is 47.1 Å². The molecule has 0 atom stereocenters. The van der Waals surface area contributed by atoms with Crippen molar-refractivity contribution in [3.63, 3.8) is 0 Å². The second kappa shape index (κ2) is 5.20. The molecule has 1 heterocycles.